The van der Waals surface area contributed by atoms with Crippen LogP contribution in [-0.2, 0) is 11.3 Å². The van der Waals surface area contributed by atoms with E-state index in [2.05, 4.69) is 57.9 Å². The fourth-order valence-corrected chi connectivity index (χ4v) is 4.65. The minimum absolute atomic E-state index is 0.670. The predicted octanol–water partition coefficient (Wildman–Crippen LogP) is 2.71. The Kier molecular flexibility index (Phi) is 4.24. The van der Waals surface area contributed by atoms with Crippen LogP contribution in [0.3, 0.4) is 0 Å². The zero-order valence-corrected chi connectivity index (χ0v) is 16.8. The zero-order chi connectivity index (χ0) is 19.9. The number of nitrogens with zero attached hydrogens (tertiary/aromatic N) is 7. The maximum Gasteiger partial charge on any atom is 0.165 e. The van der Waals surface area contributed by atoms with Crippen molar-refractivity contribution in [3.05, 3.63) is 48.8 Å². The third kappa shape index (κ3) is 3.04. The first kappa shape index (κ1) is 17.6. The van der Waals surface area contributed by atoms with E-state index in [0.717, 1.165) is 57.1 Å². The first-order valence-corrected chi connectivity index (χ1v) is 10.5. The molecule has 1 saturated heterocycles. The van der Waals surface area contributed by atoms with Gasteiger partial charge in [0, 0.05) is 30.4 Å². The first-order valence-electron chi connectivity index (χ1n) is 9.72. The highest BCUT2D eigenvalue weighted by molar-refractivity contribution is 7.99. The summed E-state index contributed by atoms with van der Waals surface area (Å²) in [4.78, 5) is 25.7. The van der Waals surface area contributed by atoms with Crippen LogP contribution in [0.15, 0.2) is 53.2 Å². The van der Waals surface area contributed by atoms with E-state index in [4.69, 9.17) is 4.74 Å². The summed E-state index contributed by atoms with van der Waals surface area (Å²) in [7, 11) is 0. The molecule has 3 aromatic heterocycles. The van der Waals surface area contributed by atoms with E-state index < -0.39 is 0 Å². The van der Waals surface area contributed by atoms with E-state index in [1.807, 2.05) is 6.33 Å². The summed E-state index contributed by atoms with van der Waals surface area (Å²) in [6.07, 6.45) is 6.87. The fourth-order valence-electron chi connectivity index (χ4n) is 3.77. The van der Waals surface area contributed by atoms with Gasteiger partial charge < -0.3 is 19.5 Å². The molecule has 150 valence electrons. The van der Waals surface area contributed by atoms with Crippen molar-refractivity contribution < 1.29 is 4.74 Å². The number of rotatable bonds is 3. The molecule has 9 nitrogen and oxygen atoms in total. The lowest BCUT2D eigenvalue weighted by molar-refractivity contribution is 0.122. The van der Waals surface area contributed by atoms with Crippen molar-refractivity contribution in [1.82, 2.24) is 29.5 Å². The molecular formula is C20H18N8OS. The molecule has 1 N–H and O–H groups in total. The zero-order valence-electron chi connectivity index (χ0n) is 16.0. The molecule has 1 fully saturated rings. The fraction of sp³-hybridized carbons (Fsp3) is 0.250. The second-order valence-corrected chi connectivity index (χ2v) is 8.14. The summed E-state index contributed by atoms with van der Waals surface area (Å²) in [6.45, 7) is 3.72. The molecule has 0 bridgehead atoms. The summed E-state index contributed by atoms with van der Waals surface area (Å²) in [5, 5.41) is 4.28. The minimum atomic E-state index is 0.670. The molecule has 0 amide bonds. The van der Waals surface area contributed by atoms with Crippen LogP contribution in [-0.4, -0.2) is 55.8 Å². The van der Waals surface area contributed by atoms with Crippen molar-refractivity contribution in [3.8, 4) is 0 Å². The third-order valence-electron chi connectivity index (χ3n) is 5.21. The number of aromatic nitrogens is 6. The van der Waals surface area contributed by atoms with Gasteiger partial charge in [0.05, 0.1) is 31.8 Å². The lowest BCUT2D eigenvalue weighted by atomic mass is 10.2. The molecule has 0 aliphatic carbocycles. The minimum Gasteiger partial charge on any atom is -0.378 e. The molecule has 0 radical (unpaired) electrons. The number of fused-ring (bicyclic) bond motifs is 3. The standard InChI is InChI=1S/C20H18N8OS/c1-2-15-14(26-17-20(30-15)22-4-3-21-17)9-13(1)10-28-12-25-16-18(23-11-24-19(16)28)27-5-7-29-8-6-27/h1-4,9,11-12H,5-8,10H2,(H,21,26). The largest absolute Gasteiger partial charge is 0.378 e. The van der Waals surface area contributed by atoms with E-state index >= 15 is 0 Å². The lowest BCUT2D eigenvalue weighted by Gasteiger charge is -2.27. The average molecular weight is 418 g/mol. The Morgan fingerprint density at radius 1 is 1.03 bits per heavy atom. The van der Waals surface area contributed by atoms with E-state index in [0.29, 0.717) is 19.8 Å². The number of morpholine rings is 1. The summed E-state index contributed by atoms with van der Waals surface area (Å²) < 4.78 is 7.52. The molecule has 2 aliphatic rings. The highest BCUT2D eigenvalue weighted by atomic mass is 32.2. The van der Waals surface area contributed by atoms with Crippen LogP contribution in [0.4, 0.5) is 17.3 Å². The highest BCUT2D eigenvalue weighted by Crippen LogP contribution is 2.42. The molecule has 0 unspecified atom stereocenters. The van der Waals surface area contributed by atoms with Gasteiger partial charge in [0.1, 0.15) is 11.4 Å². The number of hydrogen-bond donors (Lipinski definition) is 1. The van der Waals surface area contributed by atoms with E-state index in [-0.39, 0.29) is 0 Å². The van der Waals surface area contributed by atoms with Crippen molar-refractivity contribution in [2.24, 2.45) is 0 Å². The number of imidazole rings is 1. The van der Waals surface area contributed by atoms with Gasteiger partial charge in [-0.1, -0.05) is 17.8 Å². The van der Waals surface area contributed by atoms with Crippen LogP contribution in [0, 0.1) is 0 Å². The quantitative estimate of drug-likeness (QED) is 0.474. The van der Waals surface area contributed by atoms with Crippen LogP contribution in [0.25, 0.3) is 11.2 Å². The van der Waals surface area contributed by atoms with Gasteiger partial charge in [-0.15, -0.1) is 0 Å². The van der Waals surface area contributed by atoms with E-state index in [1.165, 1.54) is 0 Å². The maximum absolute atomic E-state index is 5.46. The van der Waals surface area contributed by atoms with E-state index in [1.54, 1.807) is 30.5 Å². The molecular weight excluding hydrogens is 400 g/mol. The Morgan fingerprint density at radius 2 is 1.93 bits per heavy atom. The number of benzene rings is 1. The van der Waals surface area contributed by atoms with Gasteiger partial charge in [0.25, 0.3) is 0 Å². The molecule has 0 saturated carbocycles. The molecule has 2 aliphatic heterocycles. The van der Waals surface area contributed by atoms with Crippen molar-refractivity contribution in [1.29, 1.82) is 0 Å². The summed E-state index contributed by atoms with van der Waals surface area (Å²) in [6, 6.07) is 6.40. The predicted molar refractivity (Wildman–Crippen MR) is 113 cm³/mol. The molecule has 4 aromatic rings. The van der Waals surface area contributed by atoms with Gasteiger partial charge in [-0.25, -0.2) is 24.9 Å². The van der Waals surface area contributed by atoms with Crippen LogP contribution < -0.4 is 10.2 Å². The Bertz CT molecular complexity index is 1240. The number of anilines is 3. The summed E-state index contributed by atoms with van der Waals surface area (Å²) in [5.41, 5.74) is 3.86. The number of nitrogens with one attached hydrogen (secondary N) is 1. The second-order valence-electron chi connectivity index (χ2n) is 7.11. The van der Waals surface area contributed by atoms with Crippen molar-refractivity contribution in [2.45, 2.75) is 16.5 Å². The van der Waals surface area contributed by atoms with Crippen LogP contribution in [0.1, 0.15) is 5.56 Å². The van der Waals surface area contributed by atoms with Crippen molar-refractivity contribution in [2.75, 3.05) is 36.5 Å². The molecule has 10 heteroatoms. The molecule has 6 rings (SSSR count). The van der Waals surface area contributed by atoms with Crippen LogP contribution in [0.2, 0.25) is 0 Å². The Hall–Kier alpha value is -3.24. The Labute approximate surface area is 176 Å². The highest BCUT2D eigenvalue weighted by Gasteiger charge is 2.20. The summed E-state index contributed by atoms with van der Waals surface area (Å²) >= 11 is 1.63. The van der Waals surface area contributed by atoms with Crippen molar-refractivity contribution >= 4 is 40.2 Å². The van der Waals surface area contributed by atoms with Gasteiger partial charge in [-0.2, -0.15) is 0 Å². The van der Waals surface area contributed by atoms with Gasteiger partial charge in [-0.3, -0.25) is 0 Å². The normalized spacial score (nSPS) is 15.5. The Balaban J connectivity index is 1.30. The third-order valence-corrected chi connectivity index (χ3v) is 6.28. The first-order chi connectivity index (χ1) is 14.8. The van der Waals surface area contributed by atoms with Gasteiger partial charge in [0.15, 0.2) is 22.8 Å². The van der Waals surface area contributed by atoms with E-state index in [9.17, 15) is 0 Å². The van der Waals surface area contributed by atoms with Gasteiger partial charge in [-0.05, 0) is 17.7 Å². The number of ether oxygens (including phenoxy) is 1. The van der Waals surface area contributed by atoms with Crippen LogP contribution in [0.5, 0.6) is 0 Å². The summed E-state index contributed by atoms with van der Waals surface area (Å²) in [5.74, 6) is 1.67. The Morgan fingerprint density at radius 3 is 2.87 bits per heavy atom. The van der Waals surface area contributed by atoms with Crippen molar-refractivity contribution in [3.63, 3.8) is 0 Å². The lowest BCUT2D eigenvalue weighted by Crippen LogP contribution is -2.36. The maximum atomic E-state index is 5.46. The molecule has 30 heavy (non-hydrogen) atoms. The smallest absolute Gasteiger partial charge is 0.165 e. The molecule has 0 spiro atoms. The second kappa shape index (κ2) is 7.22. The molecule has 0 atom stereocenters. The SMILES string of the molecule is c1cnc2c(n1)Nc1cc(Cn3cnc4c(N5CCOCC5)ncnc43)ccc1S2. The molecule has 5 heterocycles. The van der Waals surface area contributed by atoms with Crippen LogP contribution >= 0.6 is 11.8 Å². The monoisotopic (exact) mass is 418 g/mol. The topological polar surface area (TPSA) is 93.9 Å². The van der Waals surface area contributed by atoms with Gasteiger partial charge in [0.2, 0.25) is 0 Å². The number of hydrogen-bond acceptors (Lipinski definition) is 9. The van der Waals surface area contributed by atoms with Gasteiger partial charge >= 0.3 is 0 Å². The average Bonchev–Trinajstić information content (AvgIpc) is 3.21. The molecule has 1 aromatic carbocycles.